The molecule has 0 radical (unpaired) electrons. The summed E-state index contributed by atoms with van der Waals surface area (Å²) in [6, 6.07) is 20.1. The molecule has 5 rings (SSSR count). The van der Waals surface area contributed by atoms with Crippen molar-refractivity contribution < 1.29 is 0 Å². The zero-order valence-corrected chi connectivity index (χ0v) is 12.3. The summed E-state index contributed by atoms with van der Waals surface area (Å²) in [7, 11) is 0. The van der Waals surface area contributed by atoms with Crippen LogP contribution in [0.2, 0.25) is 0 Å². The molecule has 3 aromatic rings. The second-order valence-corrected chi connectivity index (χ2v) is 6.72. The highest BCUT2D eigenvalue weighted by Gasteiger charge is 2.34. The predicted molar refractivity (Wildman–Crippen MR) is 89.5 cm³/mol. The number of allylic oxidation sites excluding steroid dienone is 1. The van der Waals surface area contributed by atoms with Gasteiger partial charge in [0.05, 0.1) is 0 Å². The van der Waals surface area contributed by atoms with Crippen molar-refractivity contribution in [1.29, 1.82) is 0 Å². The van der Waals surface area contributed by atoms with Gasteiger partial charge in [-0.1, -0.05) is 74.5 Å². The molecule has 0 unspecified atom stereocenters. The fourth-order valence-electron chi connectivity index (χ4n) is 4.10. The van der Waals surface area contributed by atoms with Crippen molar-refractivity contribution in [2.45, 2.75) is 19.3 Å². The molecule has 2 aliphatic rings. The van der Waals surface area contributed by atoms with Gasteiger partial charge in [0, 0.05) is 5.41 Å². The van der Waals surface area contributed by atoms with Crippen LogP contribution in [0.15, 0.2) is 60.7 Å². The van der Waals surface area contributed by atoms with Gasteiger partial charge in [-0.05, 0) is 44.2 Å². The number of benzene rings is 3. The van der Waals surface area contributed by atoms with E-state index in [0.717, 1.165) is 0 Å². The van der Waals surface area contributed by atoms with Crippen LogP contribution in [-0.2, 0) is 5.41 Å². The zero-order chi connectivity index (χ0) is 14.2. The van der Waals surface area contributed by atoms with E-state index in [2.05, 4.69) is 74.5 Å². The molecule has 0 nitrogen and oxygen atoms in total. The third kappa shape index (κ3) is 1.26. The van der Waals surface area contributed by atoms with E-state index in [0.29, 0.717) is 0 Å². The zero-order valence-electron chi connectivity index (χ0n) is 12.3. The Hall–Kier alpha value is -2.34. The molecule has 3 aromatic carbocycles. The lowest BCUT2D eigenvalue weighted by atomic mass is 9.74. The van der Waals surface area contributed by atoms with Crippen molar-refractivity contribution >= 4 is 16.3 Å². The SMILES string of the molecule is CC1(C)C=C2c3ccccc3-c3ccc4cccc1c4c32. The number of fused-ring (bicyclic) bond motifs is 3. The maximum atomic E-state index is 2.46. The average molecular weight is 268 g/mol. The highest BCUT2D eigenvalue weighted by Crippen LogP contribution is 2.53. The first kappa shape index (κ1) is 11.3. The highest BCUT2D eigenvalue weighted by atomic mass is 14.4. The Labute approximate surface area is 124 Å². The second-order valence-electron chi connectivity index (χ2n) is 6.72. The minimum atomic E-state index is 0.0813. The first-order valence-corrected chi connectivity index (χ1v) is 7.56. The van der Waals surface area contributed by atoms with Crippen LogP contribution in [0.25, 0.3) is 27.5 Å². The van der Waals surface area contributed by atoms with Gasteiger partial charge < -0.3 is 0 Å². The third-order valence-corrected chi connectivity index (χ3v) is 5.02. The predicted octanol–water partition coefficient (Wildman–Crippen LogP) is 5.54. The summed E-state index contributed by atoms with van der Waals surface area (Å²) in [4.78, 5) is 0. The van der Waals surface area contributed by atoms with Gasteiger partial charge in [-0.25, -0.2) is 0 Å². The number of rotatable bonds is 0. The smallest absolute Gasteiger partial charge is 0.00910 e. The van der Waals surface area contributed by atoms with Gasteiger partial charge in [-0.15, -0.1) is 0 Å². The topological polar surface area (TPSA) is 0 Å². The van der Waals surface area contributed by atoms with Gasteiger partial charge in [-0.3, -0.25) is 0 Å². The van der Waals surface area contributed by atoms with Crippen LogP contribution in [0.1, 0.15) is 30.5 Å². The second kappa shape index (κ2) is 3.46. The summed E-state index contributed by atoms with van der Waals surface area (Å²) in [5.74, 6) is 0. The standard InChI is InChI=1S/C21H16/c1-21(2)12-17-15-8-4-3-7-14(15)16-11-10-13-6-5-9-18(21)19(13)20(16)17/h3-12H,1-2H3. The Balaban J connectivity index is 2.07. The number of hydrogen-bond donors (Lipinski definition) is 0. The van der Waals surface area contributed by atoms with Gasteiger partial charge in [0.15, 0.2) is 0 Å². The van der Waals surface area contributed by atoms with Crippen LogP contribution in [-0.4, -0.2) is 0 Å². The molecule has 2 aliphatic carbocycles. The van der Waals surface area contributed by atoms with Gasteiger partial charge >= 0.3 is 0 Å². The Bertz CT molecular complexity index is 955. The molecule has 100 valence electrons. The van der Waals surface area contributed by atoms with Crippen LogP contribution >= 0.6 is 0 Å². The molecule has 0 bridgehead atoms. The lowest BCUT2D eigenvalue weighted by Gasteiger charge is -2.30. The molecular formula is C21H16. The Morgan fingerprint density at radius 1 is 0.714 bits per heavy atom. The maximum absolute atomic E-state index is 2.46. The highest BCUT2D eigenvalue weighted by molar-refractivity contribution is 6.13. The monoisotopic (exact) mass is 268 g/mol. The van der Waals surface area contributed by atoms with Crippen molar-refractivity contribution in [3.63, 3.8) is 0 Å². The summed E-state index contributed by atoms with van der Waals surface area (Å²) >= 11 is 0. The first-order valence-electron chi connectivity index (χ1n) is 7.56. The Morgan fingerprint density at radius 3 is 2.38 bits per heavy atom. The lowest BCUT2D eigenvalue weighted by Crippen LogP contribution is -2.18. The van der Waals surface area contributed by atoms with Gasteiger partial charge in [0.2, 0.25) is 0 Å². The minimum absolute atomic E-state index is 0.0813. The average Bonchev–Trinajstić information content (AvgIpc) is 2.81. The Morgan fingerprint density at radius 2 is 1.52 bits per heavy atom. The van der Waals surface area contributed by atoms with E-state index in [-0.39, 0.29) is 5.41 Å². The van der Waals surface area contributed by atoms with Crippen molar-refractivity contribution in [3.05, 3.63) is 77.4 Å². The number of hydrogen-bond acceptors (Lipinski definition) is 0. The molecule has 0 heterocycles. The van der Waals surface area contributed by atoms with E-state index in [4.69, 9.17) is 0 Å². The van der Waals surface area contributed by atoms with Crippen LogP contribution < -0.4 is 0 Å². The molecule has 0 aromatic heterocycles. The van der Waals surface area contributed by atoms with Crippen molar-refractivity contribution in [2.75, 3.05) is 0 Å². The van der Waals surface area contributed by atoms with Gasteiger partial charge in [0.25, 0.3) is 0 Å². The lowest BCUT2D eigenvalue weighted by molar-refractivity contribution is 0.675. The van der Waals surface area contributed by atoms with Crippen LogP contribution in [0.4, 0.5) is 0 Å². The molecule has 0 amide bonds. The fraction of sp³-hybridized carbons (Fsp3) is 0.143. The maximum Gasteiger partial charge on any atom is 0.00910 e. The van der Waals surface area contributed by atoms with Gasteiger partial charge in [0.1, 0.15) is 0 Å². The summed E-state index contributed by atoms with van der Waals surface area (Å²) in [5.41, 5.74) is 8.58. The van der Waals surface area contributed by atoms with E-state index in [1.807, 2.05) is 0 Å². The van der Waals surface area contributed by atoms with Crippen molar-refractivity contribution in [1.82, 2.24) is 0 Å². The normalized spacial score (nSPS) is 16.8. The summed E-state index contributed by atoms with van der Waals surface area (Å²) in [5, 5.41) is 2.81. The first-order chi connectivity index (χ1) is 10.2. The molecule has 21 heavy (non-hydrogen) atoms. The van der Waals surface area contributed by atoms with E-state index in [9.17, 15) is 0 Å². The van der Waals surface area contributed by atoms with Crippen LogP contribution in [0.5, 0.6) is 0 Å². The van der Waals surface area contributed by atoms with Crippen molar-refractivity contribution in [2.24, 2.45) is 0 Å². The van der Waals surface area contributed by atoms with Gasteiger partial charge in [-0.2, -0.15) is 0 Å². The van der Waals surface area contributed by atoms with Crippen LogP contribution in [0, 0.1) is 0 Å². The molecule has 0 saturated heterocycles. The summed E-state index contributed by atoms with van der Waals surface area (Å²) in [6.07, 6.45) is 2.46. The third-order valence-electron chi connectivity index (χ3n) is 5.02. The minimum Gasteiger partial charge on any atom is -0.0659 e. The molecule has 0 fully saturated rings. The van der Waals surface area contributed by atoms with Crippen molar-refractivity contribution in [3.8, 4) is 11.1 Å². The molecule has 0 spiro atoms. The Kier molecular flexibility index (Phi) is 1.87. The molecule has 0 atom stereocenters. The molecule has 0 heteroatoms. The largest absolute Gasteiger partial charge is 0.0659 e. The fourth-order valence-corrected chi connectivity index (χ4v) is 4.10. The summed E-state index contributed by atoms with van der Waals surface area (Å²) < 4.78 is 0. The van der Waals surface area contributed by atoms with E-state index in [1.54, 1.807) is 0 Å². The van der Waals surface area contributed by atoms with E-state index >= 15 is 0 Å². The quantitative estimate of drug-likeness (QED) is 0.392. The summed E-state index contributed by atoms with van der Waals surface area (Å²) in [6.45, 7) is 4.65. The molecule has 0 saturated carbocycles. The molecule has 0 aliphatic heterocycles. The van der Waals surface area contributed by atoms with Crippen LogP contribution in [0.3, 0.4) is 0 Å². The molecular weight excluding hydrogens is 252 g/mol. The molecule has 0 N–H and O–H groups in total. The van der Waals surface area contributed by atoms with E-state index < -0.39 is 0 Å². The van der Waals surface area contributed by atoms with E-state index in [1.165, 1.54) is 44.2 Å².